The van der Waals surface area contributed by atoms with Crippen molar-refractivity contribution in [3.05, 3.63) is 58.6 Å². The third kappa shape index (κ3) is 3.01. The first kappa shape index (κ1) is 13.9. The summed E-state index contributed by atoms with van der Waals surface area (Å²) in [5.41, 5.74) is 2.17. The Balaban J connectivity index is 1.63. The van der Waals surface area contributed by atoms with Gasteiger partial charge in [-0.1, -0.05) is 0 Å². The summed E-state index contributed by atoms with van der Waals surface area (Å²) in [6.07, 6.45) is 3.29. The summed E-state index contributed by atoms with van der Waals surface area (Å²) in [4.78, 5) is 29.5. The van der Waals surface area contributed by atoms with Gasteiger partial charge in [0.05, 0.1) is 0 Å². The van der Waals surface area contributed by atoms with Crippen molar-refractivity contribution in [2.24, 2.45) is 0 Å². The number of anilines is 1. The lowest BCUT2D eigenvalue weighted by atomic mass is 10.2. The van der Waals surface area contributed by atoms with E-state index in [1.54, 1.807) is 13.0 Å². The Morgan fingerprint density at radius 2 is 2.09 bits per heavy atom. The Labute approximate surface area is 126 Å². The highest BCUT2D eigenvalue weighted by molar-refractivity contribution is 5.94. The number of aromatic nitrogens is 2. The molecule has 22 heavy (non-hydrogen) atoms. The Morgan fingerprint density at radius 3 is 2.91 bits per heavy atom. The van der Waals surface area contributed by atoms with Crippen LogP contribution in [0.15, 0.2) is 47.5 Å². The van der Waals surface area contributed by atoms with Gasteiger partial charge >= 0.3 is 0 Å². The summed E-state index contributed by atoms with van der Waals surface area (Å²) < 4.78 is 5.24. The van der Waals surface area contributed by atoms with Crippen LogP contribution in [-0.2, 0) is 4.79 Å². The second-order valence-electron chi connectivity index (χ2n) is 4.96. The number of carbonyl (C=O) groups is 1. The molecule has 2 heterocycles. The highest BCUT2D eigenvalue weighted by atomic mass is 16.5. The second-order valence-corrected chi connectivity index (χ2v) is 4.96. The molecule has 3 N–H and O–H groups in total. The number of hydrogen-bond acceptors (Lipinski definition) is 3. The van der Waals surface area contributed by atoms with Crippen molar-refractivity contribution in [3.63, 3.8) is 0 Å². The molecule has 2 aromatic heterocycles. The molecule has 0 fully saturated rings. The summed E-state index contributed by atoms with van der Waals surface area (Å²) in [7, 11) is 0. The van der Waals surface area contributed by atoms with Crippen LogP contribution in [0.1, 0.15) is 5.69 Å². The Bertz CT molecular complexity index is 879. The van der Waals surface area contributed by atoms with Gasteiger partial charge in [0.1, 0.15) is 0 Å². The van der Waals surface area contributed by atoms with Gasteiger partial charge in [0, 0.05) is 40.7 Å². The molecule has 1 amide bonds. The number of ether oxygens (including phenoxy) is 1. The van der Waals surface area contributed by atoms with Crippen LogP contribution in [0.5, 0.6) is 5.75 Å². The number of aryl methyl sites for hydroxylation is 1. The van der Waals surface area contributed by atoms with Gasteiger partial charge in [-0.3, -0.25) is 9.59 Å². The largest absolute Gasteiger partial charge is 0.478 e. The molecule has 6 nitrogen and oxygen atoms in total. The molecular weight excluding hydrogens is 282 g/mol. The lowest BCUT2D eigenvalue weighted by Crippen LogP contribution is -2.22. The standard InChI is InChI=1S/C16H15N3O3/c1-10-6-14(20)15(8-18-10)22-9-16(21)19-12-2-3-13-11(7-12)4-5-17-13/h2-8,17H,9H2,1H3,(H,18,20)(H,19,21). The van der Waals surface area contributed by atoms with Crippen LogP contribution in [0.25, 0.3) is 10.9 Å². The summed E-state index contributed by atoms with van der Waals surface area (Å²) in [5.74, 6) is -0.198. The van der Waals surface area contributed by atoms with Gasteiger partial charge < -0.3 is 20.0 Å². The molecule has 0 bridgehead atoms. The summed E-state index contributed by atoms with van der Waals surface area (Å²) in [6.45, 7) is 1.55. The molecule has 112 valence electrons. The van der Waals surface area contributed by atoms with E-state index in [2.05, 4.69) is 15.3 Å². The van der Waals surface area contributed by atoms with Crippen LogP contribution < -0.4 is 15.5 Å². The van der Waals surface area contributed by atoms with Gasteiger partial charge in [-0.05, 0) is 31.2 Å². The number of amides is 1. The average Bonchev–Trinajstić information content (AvgIpc) is 2.94. The maximum Gasteiger partial charge on any atom is 0.262 e. The zero-order valence-corrected chi connectivity index (χ0v) is 12.0. The molecule has 3 aromatic rings. The van der Waals surface area contributed by atoms with E-state index in [0.29, 0.717) is 5.69 Å². The van der Waals surface area contributed by atoms with Crippen LogP contribution in [0.2, 0.25) is 0 Å². The number of aromatic amines is 2. The fourth-order valence-corrected chi connectivity index (χ4v) is 2.14. The minimum Gasteiger partial charge on any atom is -0.478 e. The highest BCUT2D eigenvalue weighted by Gasteiger charge is 2.07. The summed E-state index contributed by atoms with van der Waals surface area (Å²) in [6, 6.07) is 8.90. The van der Waals surface area contributed by atoms with Crippen molar-refractivity contribution in [1.82, 2.24) is 9.97 Å². The molecule has 0 spiro atoms. The van der Waals surface area contributed by atoms with E-state index in [-0.39, 0.29) is 23.7 Å². The Morgan fingerprint density at radius 1 is 1.23 bits per heavy atom. The van der Waals surface area contributed by atoms with Crippen molar-refractivity contribution >= 4 is 22.5 Å². The lowest BCUT2D eigenvalue weighted by molar-refractivity contribution is -0.118. The molecule has 0 saturated heterocycles. The third-order valence-electron chi connectivity index (χ3n) is 3.22. The molecule has 3 rings (SSSR count). The number of hydrogen-bond donors (Lipinski definition) is 3. The minimum atomic E-state index is -0.324. The zero-order chi connectivity index (χ0) is 15.5. The van der Waals surface area contributed by atoms with Gasteiger partial charge in [0.15, 0.2) is 12.4 Å². The first-order chi connectivity index (χ1) is 10.6. The minimum absolute atomic E-state index is 0.127. The maximum absolute atomic E-state index is 11.9. The SMILES string of the molecule is Cc1cc(=O)c(OCC(=O)Nc2ccc3[nH]ccc3c2)c[nH]1. The number of pyridine rings is 1. The van der Waals surface area contributed by atoms with Crippen LogP contribution >= 0.6 is 0 Å². The quantitative estimate of drug-likeness (QED) is 0.690. The smallest absolute Gasteiger partial charge is 0.262 e. The third-order valence-corrected chi connectivity index (χ3v) is 3.22. The monoisotopic (exact) mass is 297 g/mol. The van der Waals surface area contributed by atoms with Gasteiger partial charge in [0.25, 0.3) is 5.91 Å². The second kappa shape index (κ2) is 5.77. The van der Waals surface area contributed by atoms with E-state index >= 15 is 0 Å². The Hall–Kier alpha value is -3.02. The van der Waals surface area contributed by atoms with Crippen molar-refractivity contribution in [2.45, 2.75) is 6.92 Å². The number of benzene rings is 1. The predicted molar refractivity (Wildman–Crippen MR) is 84.2 cm³/mol. The van der Waals surface area contributed by atoms with Crippen LogP contribution in [0.3, 0.4) is 0 Å². The summed E-state index contributed by atoms with van der Waals surface area (Å²) >= 11 is 0. The van der Waals surface area contributed by atoms with E-state index in [4.69, 9.17) is 4.74 Å². The van der Waals surface area contributed by atoms with Crippen molar-refractivity contribution in [1.29, 1.82) is 0 Å². The van der Waals surface area contributed by atoms with E-state index in [1.165, 1.54) is 12.3 Å². The lowest BCUT2D eigenvalue weighted by Gasteiger charge is -2.07. The normalized spacial score (nSPS) is 10.6. The number of carbonyl (C=O) groups excluding carboxylic acids is 1. The molecule has 1 aromatic carbocycles. The van der Waals surface area contributed by atoms with Gasteiger partial charge in [-0.25, -0.2) is 0 Å². The first-order valence-electron chi connectivity index (χ1n) is 6.81. The number of rotatable bonds is 4. The van der Waals surface area contributed by atoms with E-state index in [9.17, 15) is 9.59 Å². The van der Waals surface area contributed by atoms with Gasteiger partial charge in [0.2, 0.25) is 5.43 Å². The molecule has 0 aliphatic heterocycles. The molecule has 0 unspecified atom stereocenters. The number of H-pyrrole nitrogens is 2. The molecule has 0 aliphatic carbocycles. The Kier molecular flexibility index (Phi) is 3.65. The number of nitrogens with one attached hydrogen (secondary N) is 3. The predicted octanol–water partition coefficient (Wildman–Crippen LogP) is 2.18. The van der Waals surface area contributed by atoms with Crippen molar-refractivity contribution in [3.8, 4) is 5.75 Å². The maximum atomic E-state index is 11.9. The van der Waals surface area contributed by atoms with Crippen molar-refractivity contribution < 1.29 is 9.53 Å². The molecular formula is C16H15N3O3. The molecule has 0 aliphatic rings. The molecule has 0 atom stereocenters. The van der Waals surface area contributed by atoms with Gasteiger partial charge in [-0.15, -0.1) is 0 Å². The van der Waals surface area contributed by atoms with Crippen LogP contribution in [0.4, 0.5) is 5.69 Å². The molecule has 0 saturated carbocycles. The summed E-state index contributed by atoms with van der Waals surface area (Å²) in [5, 5.41) is 3.74. The molecule has 6 heteroatoms. The number of fused-ring (bicyclic) bond motifs is 1. The average molecular weight is 297 g/mol. The van der Waals surface area contributed by atoms with E-state index in [1.807, 2.05) is 24.4 Å². The topological polar surface area (TPSA) is 87.0 Å². The van der Waals surface area contributed by atoms with E-state index < -0.39 is 0 Å². The highest BCUT2D eigenvalue weighted by Crippen LogP contribution is 2.17. The van der Waals surface area contributed by atoms with Crippen molar-refractivity contribution in [2.75, 3.05) is 11.9 Å². The molecule has 0 radical (unpaired) electrons. The van der Waals surface area contributed by atoms with Crippen LogP contribution in [-0.4, -0.2) is 22.5 Å². The fraction of sp³-hybridized carbons (Fsp3) is 0.125. The first-order valence-corrected chi connectivity index (χ1v) is 6.81. The van der Waals surface area contributed by atoms with Gasteiger partial charge in [-0.2, -0.15) is 0 Å². The van der Waals surface area contributed by atoms with Crippen LogP contribution in [0, 0.1) is 6.92 Å². The fourth-order valence-electron chi connectivity index (χ4n) is 2.14. The van der Waals surface area contributed by atoms with E-state index in [0.717, 1.165) is 16.6 Å². The zero-order valence-electron chi connectivity index (χ0n) is 12.0.